The molecule has 1 N–H and O–H groups in total. The molecule has 1 aromatic rings. The maximum Gasteiger partial charge on any atom is 0.331 e. The van der Waals surface area contributed by atoms with Crippen LogP contribution in [0.1, 0.15) is 33.3 Å². The Morgan fingerprint density at radius 1 is 1.28 bits per heavy atom. The maximum absolute atomic E-state index is 12.1. The summed E-state index contributed by atoms with van der Waals surface area (Å²) >= 11 is 11.7. The van der Waals surface area contributed by atoms with E-state index in [0.29, 0.717) is 15.6 Å². The minimum absolute atomic E-state index is 0.0982. The number of carbonyl (C=O) groups excluding carboxylic acids is 2. The molecule has 0 fully saturated rings. The lowest BCUT2D eigenvalue weighted by molar-refractivity contribution is -0.150. The first-order chi connectivity index (χ1) is 11.6. The van der Waals surface area contributed by atoms with E-state index >= 15 is 0 Å². The van der Waals surface area contributed by atoms with Crippen LogP contribution in [0, 0.1) is 17.2 Å². The van der Waals surface area contributed by atoms with Crippen LogP contribution < -0.4 is 5.32 Å². The lowest BCUT2D eigenvalue weighted by Gasteiger charge is -2.28. The summed E-state index contributed by atoms with van der Waals surface area (Å²) in [6.07, 6.45) is 1.66. The molecule has 2 unspecified atom stereocenters. The second-order valence-corrected chi connectivity index (χ2v) is 6.86. The summed E-state index contributed by atoms with van der Waals surface area (Å²) in [5, 5.41) is 12.6. The van der Waals surface area contributed by atoms with Crippen molar-refractivity contribution in [1.29, 1.82) is 5.26 Å². The molecule has 134 valence electrons. The molecule has 5 nitrogen and oxygen atoms in total. The number of benzene rings is 1. The highest BCUT2D eigenvalue weighted by Crippen LogP contribution is 2.23. The fourth-order valence-corrected chi connectivity index (χ4v) is 2.01. The van der Waals surface area contributed by atoms with Crippen molar-refractivity contribution in [1.82, 2.24) is 5.32 Å². The molecule has 0 spiro atoms. The van der Waals surface area contributed by atoms with Gasteiger partial charge in [0, 0.05) is 6.08 Å². The van der Waals surface area contributed by atoms with Crippen molar-refractivity contribution in [2.45, 2.75) is 39.3 Å². The average Bonchev–Trinajstić information content (AvgIpc) is 2.55. The summed E-state index contributed by atoms with van der Waals surface area (Å²) in [6, 6.07) is 6.97. The Hall–Kier alpha value is -2.03. The number of hydrogen-bond donors (Lipinski definition) is 1. The summed E-state index contributed by atoms with van der Waals surface area (Å²) in [4.78, 5) is 24.0. The number of ether oxygens (including phenoxy) is 1. The number of amides is 1. The van der Waals surface area contributed by atoms with E-state index in [1.54, 1.807) is 25.1 Å². The summed E-state index contributed by atoms with van der Waals surface area (Å²) in [7, 11) is 0. The monoisotopic (exact) mass is 382 g/mol. The number of carbonyl (C=O) groups is 2. The van der Waals surface area contributed by atoms with Crippen molar-refractivity contribution in [2.24, 2.45) is 5.92 Å². The van der Waals surface area contributed by atoms with E-state index in [0.717, 1.165) is 0 Å². The van der Waals surface area contributed by atoms with Gasteiger partial charge in [0.2, 0.25) is 0 Å². The second-order valence-electron chi connectivity index (χ2n) is 6.04. The van der Waals surface area contributed by atoms with Crippen molar-refractivity contribution in [2.75, 3.05) is 0 Å². The highest BCUT2D eigenvalue weighted by molar-refractivity contribution is 6.42. The Bertz CT molecular complexity index is 726. The summed E-state index contributed by atoms with van der Waals surface area (Å²) in [5.41, 5.74) is -0.367. The van der Waals surface area contributed by atoms with Crippen LogP contribution in [0.15, 0.2) is 24.3 Å². The zero-order valence-electron chi connectivity index (χ0n) is 14.5. The van der Waals surface area contributed by atoms with Crippen molar-refractivity contribution < 1.29 is 14.3 Å². The van der Waals surface area contributed by atoms with Crippen LogP contribution in [0.2, 0.25) is 10.0 Å². The largest absolute Gasteiger partial charge is 0.449 e. The van der Waals surface area contributed by atoms with Gasteiger partial charge in [0.05, 0.1) is 16.1 Å². The molecule has 0 aromatic heterocycles. The van der Waals surface area contributed by atoms with Crippen LogP contribution in [-0.2, 0) is 14.3 Å². The number of halogens is 2. The van der Waals surface area contributed by atoms with Crippen molar-refractivity contribution in [3.8, 4) is 6.07 Å². The molecule has 1 aromatic carbocycles. The molecule has 1 amide bonds. The van der Waals surface area contributed by atoms with E-state index in [-0.39, 0.29) is 5.92 Å². The Kier molecular flexibility index (Phi) is 7.47. The van der Waals surface area contributed by atoms with E-state index < -0.39 is 23.5 Å². The van der Waals surface area contributed by atoms with Gasteiger partial charge in [-0.05, 0) is 43.5 Å². The standard InChI is InChI=1S/C18H20Cl2N2O3/c1-11(2)18(4,10-21)22-17(24)12(3)25-16(23)8-6-13-5-7-14(19)15(20)9-13/h5-9,11-12H,1-4H3,(H,22,24)/b8-6+. The number of nitriles is 1. The third kappa shape index (κ3) is 6.08. The zero-order valence-corrected chi connectivity index (χ0v) is 16.0. The molecule has 1 rings (SSSR count). The predicted molar refractivity (Wildman–Crippen MR) is 98.0 cm³/mol. The molecule has 0 saturated carbocycles. The molecule has 0 bridgehead atoms. The third-order valence-corrected chi connectivity index (χ3v) is 4.53. The lowest BCUT2D eigenvalue weighted by Crippen LogP contribution is -2.52. The molecule has 0 aliphatic rings. The summed E-state index contributed by atoms with van der Waals surface area (Å²) in [6.45, 7) is 6.70. The van der Waals surface area contributed by atoms with Crippen LogP contribution >= 0.6 is 23.2 Å². The van der Waals surface area contributed by atoms with Gasteiger partial charge in [0.15, 0.2) is 6.10 Å². The van der Waals surface area contributed by atoms with Crippen molar-refractivity contribution >= 4 is 41.2 Å². The van der Waals surface area contributed by atoms with E-state index in [1.807, 2.05) is 13.8 Å². The Labute approximate surface area is 157 Å². The molecule has 0 aliphatic carbocycles. The second kappa shape index (κ2) is 8.89. The molecule has 2 atom stereocenters. The van der Waals surface area contributed by atoms with Gasteiger partial charge in [-0.2, -0.15) is 5.26 Å². The van der Waals surface area contributed by atoms with Gasteiger partial charge in [-0.3, -0.25) is 4.79 Å². The minimum Gasteiger partial charge on any atom is -0.449 e. The number of esters is 1. The maximum atomic E-state index is 12.1. The molecule has 0 saturated heterocycles. The molecule has 0 heterocycles. The number of nitrogens with zero attached hydrogens (tertiary/aromatic N) is 1. The number of rotatable bonds is 6. The van der Waals surface area contributed by atoms with Gasteiger partial charge >= 0.3 is 5.97 Å². The van der Waals surface area contributed by atoms with E-state index in [9.17, 15) is 14.9 Å². The molecular formula is C18H20Cl2N2O3. The van der Waals surface area contributed by atoms with Gasteiger partial charge < -0.3 is 10.1 Å². The van der Waals surface area contributed by atoms with E-state index in [4.69, 9.17) is 27.9 Å². The van der Waals surface area contributed by atoms with Crippen molar-refractivity contribution in [3.05, 3.63) is 39.9 Å². The first-order valence-electron chi connectivity index (χ1n) is 7.66. The van der Waals surface area contributed by atoms with Gasteiger partial charge in [-0.1, -0.05) is 43.1 Å². The zero-order chi connectivity index (χ0) is 19.2. The highest BCUT2D eigenvalue weighted by atomic mass is 35.5. The Morgan fingerprint density at radius 2 is 1.92 bits per heavy atom. The fraction of sp³-hybridized carbons (Fsp3) is 0.389. The smallest absolute Gasteiger partial charge is 0.331 e. The first kappa shape index (κ1) is 21.0. The summed E-state index contributed by atoms with van der Waals surface area (Å²) in [5.74, 6) is -1.31. The minimum atomic E-state index is -1.03. The van der Waals surface area contributed by atoms with Crippen LogP contribution in [0.3, 0.4) is 0 Å². The lowest BCUT2D eigenvalue weighted by atomic mass is 9.90. The molecular weight excluding hydrogens is 363 g/mol. The molecule has 0 aliphatic heterocycles. The van der Waals surface area contributed by atoms with Crippen LogP contribution in [0.4, 0.5) is 0 Å². The van der Waals surface area contributed by atoms with Crippen LogP contribution in [-0.4, -0.2) is 23.5 Å². The van der Waals surface area contributed by atoms with Gasteiger partial charge in [-0.15, -0.1) is 0 Å². The SMILES string of the molecule is CC(OC(=O)/C=C/c1ccc(Cl)c(Cl)c1)C(=O)NC(C)(C#N)C(C)C. The van der Waals surface area contributed by atoms with E-state index in [1.165, 1.54) is 19.1 Å². The van der Waals surface area contributed by atoms with E-state index in [2.05, 4.69) is 11.4 Å². The number of nitrogens with one attached hydrogen (secondary N) is 1. The topological polar surface area (TPSA) is 79.2 Å². The molecule has 25 heavy (non-hydrogen) atoms. The van der Waals surface area contributed by atoms with Crippen molar-refractivity contribution in [3.63, 3.8) is 0 Å². The highest BCUT2D eigenvalue weighted by Gasteiger charge is 2.32. The third-order valence-electron chi connectivity index (χ3n) is 3.79. The normalized spacial score (nSPS) is 14.6. The number of hydrogen-bond acceptors (Lipinski definition) is 4. The Balaban J connectivity index is 2.67. The molecule has 7 heteroatoms. The van der Waals surface area contributed by atoms with Gasteiger partial charge in [-0.25, -0.2) is 4.79 Å². The van der Waals surface area contributed by atoms with Gasteiger partial charge in [0.25, 0.3) is 5.91 Å². The van der Waals surface area contributed by atoms with Crippen LogP contribution in [0.5, 0.6) is 0 Å². The van der Waals surface area contributed by atoms with Gasteiger partial charge in [0.1, 0.15) is 5.54 Å². The van der Waals surface area contributed by atoms with Crippen LogP contribution in [0.25, 0.3) is 6.08 Å². The quantitative estimate of drug-likeness (QED) is 0.595. The molecule has 0 radical (unpaired) electrons. The Morgan fingerprint density at radius 3 is 2.44 bits per heavy atom. The first-order valence-corrected chi connectivity index (χ1v) is 8.41. The predicted octanol–water partition coefficient (Wildman–Crippen LogP) is 3.99. The average molecular weight is 383 g/mol. The summed E-state index contributed by atoms with van der Waals surface area (Å²) < 4.78 is 5.05. The fourth-order valence-electron chi connectivity index (χ4n) is 1.71.